The van der Waals surface area contributed by atoms with E-state index in [1.807, 2.05) is 24.3 Å². The molecular weight excluding hydrogens is 428 g/mol. The molecule has 1 atom stereocenters. The Morgan fingerprint density at radius 3 is 2.79 bits per heavy atom. The normalized spacial score (nSPS) is 17.3. The van der Waals surface area contributed by atoms with Gasteiger partial charge in [0.15, 0.2) is 5.69 Å². The molecule has 7 nitrogen and oxygen atoms in total. The molecule has 168 valence electrons. The van der Waals surface area contributed by atoms with Gasteiger partial charge in [-0.25, -0.2) is 8.78 Å². The van der Waals surface area contributed by atoms with E-state index in [1.54, 1.807) is 12.4 Å². The van der Waals surface area contributed by atoms with Gasteiger partial charge in [0.1, 0.15) is 0 Å². The van der Waals surface area contributed by atoms with Crippen molar-refractivity contribution >= 4 is 22.5 Å². The van der Waals surface area contributed by atoms with Crippen LogP contribution in [0.3, 0.4) is 0 Å². The maximum Gasteiger partial charge on any atom is 0.276 e. The second-order valence-corrected chi connectivity index (χ2v) is 8.48. The predicted octanol–water partition coefficient (Wildman–Crippen LogP) is 4.54. The highest BCUT2D eigenvalue weighted by molar-refractivity contribution is 6.11. The van der Waals surface area contributed by atoms with Crippen LogP contribution in [0, 0.1) is 5.92 Å². The Kier molecular flexibility index (Phi) is 5.24. The topological polar surface area (TPSA) is 104 Å². The maximum absolute atomic E-state index is 13.5. The largest absolute Gasteiger partial charge is 0.327 e. The molecular formula is C24H21F2N5O2. The number of H-pyrrole nitrogens is 2. The fraction of sp³-hybridized carbons (Fsp3) is 0.250. The van der Waals surface area contributed by atoms with Gasteiger partial charge in [-0.3, -0.25) is 19.7 Å². The Labute approximate surface area is 187 Å². The van der Waals surface area contributed by atoms with Gasteiger partial charge in [-0.1, -0.05) is 6.07 Å². The van der Waals surface area contributed by atoms with Crippen LogP contribution in [0.1, 0.15) is 35.3 Å². The number of alkyl halides is 2. The van der Waals surface area contributed by atoms with E-state index in [9.17, 15) is 18.4 Å². The molecule has 9 heteroatoms. The summed E-state index contributed by atoms with van der Waals surface area (Å²) in [5.74, 6) is -3.02. The van der Waals surface area contributed by atoms with E-state index >= 15 is 0 Å². The van der Waals surface area contributed by atoms with Crippen molar-refractivity contribution in [1.82, 2.24) is 20.2 Å². The predicted molar refractivity (Wildman–Crippen MR) is 120 cm³/mol. The van der Waals surface area contributed by atoms with E-state index in [0.29, 0.717) is 29.4 Å². The van der Waals surface area contributed by atoms with Crippen LogP contribution in [0.5, 0.6) is 0 Å². The van der Waals surface area contributed by atoms with Crippen molar-refractivity contribution in [3.63, 3.8) is 0 Å². The average Bonchev–Trinajstić information content (AvgIpc) is 3.37. The molecule has 1 aromatic carbocycles. The monoisotopic (exact) mass is 449 g/mol. The van der Waals surface area contributed by atoms with Crippen molar-refractivity contribution in [1.29, 1.82) is 0 Å². The van der Waals surface area contributed by atoms with Gasteiger partial charge in [0.25, 0.3) is 5.91 Å². The zero-order chi connectivity index (χ0) is 23.0. The molecule has 1 saturated carbocycles. The molecule has 3 heterocycles. The Morgan fingerprint density at radius 1 is 1.15 bits per heavy atom. The standard InChI is InChI=1S/C24H21F2N5O2/c25-24(26)6-5-14(10-24)7-15-8-17(12-27-11-15)16-1-3-20-19(9-16)22(31-30-20)23(33)29-18-2-4-21(32)28-13-18/h1-4,8-9,11-14H,5-7,10H2,(H,28,32)(H,29,33)(H,30,31). The van der Waals surface area contributed by atoms with Crippen LogP contribution >= 0.6 is 0 Å². The number of carbonyl (C=O) groups excluding carboxylic acids is 1. The van der Waals surface area contributed by atoms with Crippen molar-refractivity contribution in [3.05, 3.63) is 76.6 Å². The van der Waals surface area contributed by atoms with E-state index in [2.05, 4.69) is 25.5 Å². The van der Waals surface area contributed by atoms with Gasteiger partial charge in [0.2, 0.25) is 11.5 Å². The van der Waals surface area contributed by atoms with E-state index in [-0.39, 0.29) is 30.0 Å². The molecule has 4 aromatic rings. The Morgan fingerprint density at radius 2 is 2.03 bits per heavy atom. The van der Waals surface area contributed by atoms with Gasteiger partial charge in [0, 0.05) is 48.4 Å². The Bertz CT molecular complexity index is 1370. The van der Waals surface area contributed by atoms with Gasteiger partial charge in [-0.2, -0.15) is 5.10 Å². The lowest BCUT2D eigenvalue weighted by Crippen LogP contribution is -2.14. The molecule has 1 unspecified atom stereocenters. The molecule has 0 bridgehead atoms. The van der Waals surface area contributed by atoms with Crippen LogP contribution in [0.15, 0.2) is 59.8 Å². The summed E-state index contributed by atoms with van der Waals surface area (Å²) >= 11 is 0. The van der Waals surface area contributed by atoms with Gasteiger partial charge in [-0.15, -0.1) is 0 Å². The fourth-order valence-electron chi connectivity index (χ4n) is 4.35. The number of nitrogens with one attached hydrogen (secondary N) is 3. The lowest BCUT2D eigenvalue weighted by atomic mass is 9.96. The Hall–Kier alpha value is -3.88. The number of nitrogens with zero attached hydrogens (tertiary/aromatic N) is 2. The number of pyridine rings is 2. The first-order valence-corrected chi connectivity index (χ1v) is 10.7. The number of benzene rings is 1. The van der Waals surface area contributed by atoms with Crippen LogP contribution in [0.2, 0.25) is 0 Å². The molecule has 0 radical (unpaired) electrons. The summed E-state index contributed by atoms with van der Waals surface area (Å²) in [5.41, 5.74) is 3.69. The third-order valence-corrected chi connectivity index (χ3v) is 5.98. The maximum atomic E-state index is 13.5. The summed E-state index contributed by atoms with van der Waals surface area (Å²) in [6, 6.07) is 10.4. The number of fused-ring (bicyclic) bond motifs is 1. The van der Waals surface area contributed by atoms with Crippen molar-refractivity contribution in [2.45, 2.75) is 31.6 Å². The number of carbonyl (C=O) groups is 1. The van der Waals surface area contributed by atoms with Crippen LogP contribution in [-0.2, 0) is 6.42 Å². The highest BCUT2D eigenvalue weighted by Gasteiger charge is 2.39. The summed E-state index contributed by atoms with van der Waals surface area (Å²) in [6.45, 7) is 0. The summed E-state index contributed by atoms with van der Waals surface area (Å²) < 4.78 is 27.1. The molecule has 1 fully saturated rings. The zero-order valence-corrected chi connectivity index (χ0v) is 17.6. The quantitative estimate of drug-likeness (QED) is 0.416. The number of rotatable bonds is 5. The first-order chi connectivity index (χ1) is 15.9. The number of hydrogen-bond donors (Lipinski definition) is 3. The molecule has 1 amide bonds. The number of aromatic amines is 2. The molecule has 0 saturated heterocycles. The molecule has 33 heavy (non-hydrogen) atoms. The minimum absolute atomic E-state index is 0.0448. The second-order valence-electron chi connectivity index (χ2n) is 8.48. The molecule has 3 N–H and O–H groups in total. The molecule has 5 rings (SSSR count). The molecule has 0 spiro atoms. The van der Waals surface area contributed by atoms with Gasteiger partial charge in [0.05, 0.1) is 11.2 Å². The van der Waals surface area contributed by atoms with Crippen LogP contribution < -0.4 is 10.9 Å². The summed E-state index contributed by atoms with van der Waals surface area (Å²) in [6.07, 6.45) is 5.81. The van der Waals surface area contributed by atoms with E-state index in [0.717, 1.165) is 16.7 Å². The van der Waals surface area contributed by atoms with Crippen LogP contribution in [0.4, 0.5) is 14.5 Å². The van der Waals surface area contributed by atoms with E-state index in [4.69, 9.17) is 0 Å². The third-order valence-electron chi connectivity index (χ3n) is 5.98. The minimum atomic E-state index is -2.56. The van der Waals surface area contributed by atoms with E-state index < -0.39 is 11.8 Å². The Balaban J connectivity index is 1.40. The number of anilines is 1. The van der Waals surface area contributed by atoms with Gasteiger partial charge in [-0.05, 0) is 54.2 Å². The highest BCUT2D eigenvalue weighted by atomic mass is 19.3. The highest BCUT2D eigenvalue weighted by Crippen LogP contribution is 2.40. The van der Waals surface area contributed by atoms with Gasteiger partial charge < -0.3 is 10.3 Å². The molecule has 1 aliphatic rings. The number of amides is 1. The van der Waals surface area contributed by atoms with E-state index in [1.165, 1.54) is 18.3 Å². The fourth-order valence-corrected chi connectivity index (χ4v) is 4.35. The van der Waals surface area contributed by atoms with Crippen molar-refractivity contribution < 1.29 is 13.6 Å². The molecule has 1 aliphatic carbocycles. The molecule has 3 aromatic heterocycles. The average molecular weight is 449 g/mol. The lowest BCUT2D eigenvalue weighted by molar-refractivity contribution is 0.00507. The minimum Gasteiger partial charge on any atom is -0.327 e. The number of halogens is 2. The zero-order valence-electron chi connectivity index (χ0n) is 17.6. The number of hydrogen-bond acceptors (Lipinski definition) is 4. The summed E-state index contributed by atoms with van der Waals surface area (Å²) in [5, 5.41) is 10.4. The molecule has 0 aliphatic heterocycles. The second kappa shape index (κ2) is 8.23. The van der Waals surface area contributed by atoms with Crippen LogP contribution in [0.25, 0.3) is 22.0 Å². The van der Waals surface area contributed by atoms with Crippen LogP contribution in [-0.4, -0.2) is 32.0 Å². The number of aromatic nitrogens is 4. The van der Waals surface area contributed by atoms with Crippen molar-refractivity contribution in [2.75, 3.05) is 5.32 Å². The van der Waals surface area contributed by atoms with Crippen molar-refractivity contribution in [2.24, 2.45) is 5.92 Å². The first-order valence-electron chi connectivity index (χ1n) is 10.7. The summed E-state index contributed by atoms with van der Waals surface area (Å²) in [4.78, 5) is 30.8. The smallest absolute Gasteiger partial charge is 0.276 e. The summed E-state index contributed by atoms with van der Waals surface area (Å²) in [7, 11) is 0. The van der Waals surface area contributed by atoms with Gasteiger partial charge >= 0.3 is 0 Å². The third kappa shape index (κ3) is 4.52. The first kappa shape index (κ1) is 21.0. The lowest BCUT2D eigenvalue weighted by Gasteiger charge is -2.11. The SMILES string of the molecule is O=C(Nc1ccc(=O)[nH]c1)c1n[nH]c2ccc(-c3cncc(CC4CCC(F)(F)C4)c3)cc12. The van der Waals surface area contributed by atoms with Crippen molar-refractivity contribution in [3.8, 4) is 11.1 Å².